The highest BCUT2D eigenvalue weighted by Crippen LogP contribution is 2.07. The van der Waals surface area contributed by atoms with Crippen LogP contribution in [0.1, 0.15) is 11.1 Å². The Morgan fingerprint density at radius 1 is 0.789 bits per heavy atom. The molecule has 0 spiro atoms. The van der Waals surface area contributed by atoms with Gasteiger partial charge in [0.05, 0.1) is 0 Å². The average Bonchev–Trinajstić information content (AvgIpc) is 2.40. The maximum absolute atomic E-state index is 2.35. The molecule has 0 bridgehead atoms. The van der Waals surface area contributed by atoms with Crippen LogP contribution in [-0.4, -0.2) is 18.7 Å². The number of nitrogens with zero attached hydrogens (tertiary/aromatic N) is 1. The second-order valence-corrected chi connectivity index (χ2v) is 5.55. The van der Waals surface area contributed by atoms with E-state index in [-0.39, 0.29) is 0 Å². The van der Waals surface area contributed by atoms with Gasteiger partial charge in [0.25, 0.3) is 0 Å². The van der Waals surface area contributed by atoms with Crippen molar-refractivity contribution in [1.82, 2.24) is 4.90 Å². The van der Waals surface area contributed by atoms with Gasteiger partial charge in [-0.1, -0.05) is 73.7 Å². The quantitative estimate of drug-likeness (QED) is 0.737. The molecule has 0 aliphatic heterocycles. The standard InChI is InChI=1S/C17H22BN/c1-18(2)17-11-9-16(10-12-17)14-19(3)13-15-7-5-4-6-8-15/h4-12H,13-14H2,1-3H3. The van der Waals surface area contributed by atoms with E-state index in [0.29, 0.717) is 6.71 Å². The van der Waals surface area contributed by atoms with E-state index in [0.717, 1.165) is 13.1 Å². The molecule has 0 aliphatic rings. The number of hydrogen-bond acceptors (Lipinski definition) is 1. The Labute approximate surface area is 117 Å². The van der Waals surface area contributed by atoms with E-state index in [2.05, 4.69) is 80.2 Å². The van der Waals surface area contributed by atoms with E-state index >= 15 is 0 Å². The lowest BCUT2D eigenvalue weighted by Crippen LogP contribution is -2.23. The molecule has 19 heavy (non-hydrogen) atoms. The molecular weight excluding hydrogens is 229 g/mol. The first-order valence-electron chi connectivity index (χ1n) is 6.96. The molecule has 98 valence electrons. The summed E-state index contributed by atoms with van der Waals surface area (Å²) < 4.78 is 0. The summed E-state index contributed by atoms with van der Waals surface area (Å²) in [5.74, 6) is 0. The van der Waals surface area contributed by atoms with Crippen LogP contribution >= 0.6 is 0 Å². The smallest absolute Gasteiger partial charge is 0.169 e. The molecule has 2 heteroatoms. The predicted octanol–water partition coefficient (Wildman–Crippen LogP) is 3.28. The molecule has 0 N–H and O–H groups in total. The lowest BCUT2D eigenvalue weighted by molar-refractivity contribution is 0.319. The van der Waals surface area contributed by atoms with Crippen molar-refractivity contribution in [2.75, 3.05) is 7.05 Å². The van der Waals surface area contributed by atoms with Gasteiger partial charge < -0.3 is 0 Å². The topological polar surface area (TPSA) is 3.24 Å². The third-order valence-electron chi connectivity index (χ3n) is 3.39. The molecule has 0 aliphatic carbocycles. The van der Waals surface area contributed by atoms with Crippen molar-refractivity contribution in [3.63, 3.8) is 0 Å². The minimum absolute atomic E-state index is 0.607. The average molecular weight is 251 g/mol. The van der Waals surface area contributed by atoms with E-state index in [1.807, 2.05) is 0 Å². The monoisotopic (exact) mass is 251 g/mol. The Balaban J connectivity index is 1.93. The van der Waals surface area contributed by atoms with Crippen molar-refractivity contribution in [1.29, 1.82) is 0 Å². The van der Waals surface area contributed by atoms with E-state index < -0.39 is 0 Å². The Kier molecular flexibility index (Phi) is 4.81. The van der Waals surface area contributed by atoms with Gasteiger partial charge in [-0.05, 0) is 18.2 Å². The van der Waals surface area contributed by atoms with Crippen molar-refractivity contribution in [3.8, 4) is 0 Å². The Morgan fingerprint density at radius 3 is 1.84 bits per heavy atom. The van der Waals surface area contributed by atoms with Gasteiger partial charge in [-0.15, -0.1) is 0 Å². The molecule has 0 saturated carbocycles. The van der Waals surface area contributed by atoms with Gasteiger partial charge >= 0.3 is 0 Å². The number of hydrogen-bond donors (Lipinski definition) is 0. The van der Waals surface area contributed by atoms with Crippen LogP contribution in [0.4, 0.5) is 0 Å². The summed E-state index contributed by atoms with van der Waals surface area (Å²) in [4.78, 5) is 2.35. The molecule has 0 atom stereocenters. The molecule has 1 nitrogen and oxygen atoms in total. The zero-order valence-corrected chi connectivity index (χ0v) is 12.1. The maximum Gasteiger partial charge on any atom is 0.169 e. The Bertz CT molecular complexity index is 490. The van der Waals surface area contributed by atoms with Crippen molar-refractivity contribution < 1.29 is 0 Å². The summed E-state index contributed by atoms with van der Waals surface area (Å²) in [7, 11) is 2.17. The second-order valence-electron chi connectivity index (χ2n) is 5.55. The fraction of sp³-hybridized carbons (Fsp3) is 0.294. The van der Waals surface area contributed by atoms with Crippen LogP contribution in [0.2, 0.25) is 13.6 Å². The van der Waals surface area contributed by atoms with Crippen LogP contribution in [0.25, 0.3) is 0 Å². The van der Waals surface area contributed by atoms with Crippen LogP contribution in [0.3, 0.4) is 0 Å². The fourth-order valence-corrected chi connectivity index (χ4v) is 2.27. The van der Waals surface area contributed by atoms with Gasteiger partial charge in [0.1, 0.15) is 0 Å². The van der Waals surface area contributed by atoms with Crippen LogP contribution < -0.4 is 5.46 Å². The highest BCUT2D eigenvalue weighted by molar-refractivity contribution is 6.70. The maximum atomic E-state index is 2.35. The normalized spacial score (nSPS) is 10.7. The molecule has 0 unspecified atom stereocenters. The summed E-state index contributed by atoms with van der Waals surface area (Å²) in [5.41, 5.74) is 4.15. The first-order valence-corrected chi connectivity index (χ1v) is 6.96. The summed E-state index contributed by atoms with van der Waals surface area (Å²) in [6, 6.07) is 19.6. The van der Waals surface area contributed by atoms with Gasteiger partial charge in [0, 0.05) is 13.1 Å². The summed E-state index contributed by atoms with van der Waals surface area (Å²) >= 11 is 0. The highest BCUT2D eigenvalue weighted by Gasteiger charge is 2.04. The van der Waals surface area contributed by atoms with E-state index in [4.69, 9.17) is 0 Å². The van der Waals surface area contributed by atoms with Gasteiger partial charge in [0.2, 0.25) is 0 Å². The zero-order valence-electron chi connectivity index (χ0n) is 12.1. The van der Waals surface area contributed by atoms with Gasteiger partial charge in [-0.3, -0.25) is 4.90 Å². The molecule has 2 aromatic rings. The molecule has 2 rings (SSSR count). The van der Waals surface area contributed by atoms with E-state index in [1.54, 1.807) is 0 Å². The molecule has 2 aromatic carbocycles. The third kappa shape index (κ3) is 4.25. The van der Waals surface area contributed by atoms with Crippen molar-refractivity contribution in [2.45, 2.75) is 26.7 Å². The molecule has 0 heterocycles. The lowest BCUT2D eigenvalue weighted by atomic mass is 9.49. The van der Waals surface area contributed by atoms with Gasteiger partial charge in [0.15, 0.2) is 6.71 Å². The molecule has 0 aromatic heterocycles. The van der Waals surface area contributed by atoms with Crippen molar-refractivity contribution in [2.24, 2.45) is 0 Å². The summed E-state index contributed by atoms with van der Waals surface area (Å²) in [5, 5.41) is 0. The van der Waals surface area contributed by atoms with Crippen LogP contribution in [-0.2, 0) is 13.1 Å². The molecule has 0 saturated heterocycles. The lowest BCUT2D eigenvalue weighted by Gasteiger charge is -2.17. The minimum Gasteiger partial charge on any atom is -0.298 e. The summed E-state index contributed by atoms with van der Waals surface area (Å²) in [6.45, 7) is 7.06. The predicted molar refractivity (Wildman–Crippen MR) is 85.2 cm³/mol. The van der Waals surface area contributed by atoms with Gasteiger partial charge in [-0.25, -0.2) is 0 Å². The number of rotatable bonds is 5. The number of benzene rings is 2. The van der Waals surface area contributed by atoms with Gasteiger partial charge in [-0.2, -0.15) is 0 Å². The van der Waals surface area contributed by atoms with E-state index in [1.165, 1.54) is 16.6 Å². The first-order chi connectivity index (χ1) is 9.15. The third-order valence-corrected chi connectivity index (χ3v) is 3.39. The van der Waals surface area contributed by atoms with Crippen molar-refractivity contribution in [3.05, 3.63) is 65.7 Å². The summed E-state index contributed by atoms with van der Waals surface area (Å²) in [6.07, 6.45) is 0. The second kappa shape index (κ2) is 6.58. The van der Waals surface area contributed by atoms with Crippen LogP contribution in [0, 0.1) is 0 Å². The highest BCUT2D eigenvalue weighted by atomic mass is 15.1. The Morgan fingerprint density at radius 2 is 1.32 bits per heavy atom. The molecule has 0 fully saturated rings. The van der Waals surface area contributed by atoms with E-state index in [9.17, 15) is 0 Å². The van der Waals surface area contributed by atoms with Crippen LogP contribution in [0.15, 0.2) is 54.6 Å². The Hall–Kier alpha value is -1.54. The van der Waals surface area contributed by atoms with Crippen LogP contribution in [0.5, 0.6) is 0 Å². The molecule has 0 radical (unpaired) electrons. The molecule has 0 amide bonds. The first kappa shape index (κ1) is 13.9. The van der Waals surface area contributed by atoms with Crippen molar-refractivity contribution >= 4 is 12.2 Å². The fourth-order valence-electron chi connectivity index (χ4n) is 2.27. The molecular formula is C17H22BN. The SMILES string of the molecule is CB(C)c1ccc(CN(C)Cc2ccccc2)cc1. The largest absolute Gasteiger partial charge is 0.298 e. The minimum atomic E-state index is 0.607. The zero-order chi connectivity index (χ0) is 13.7.